The van der Waals surface area contributed by atoms with E-state index < -0.39 is 0 Å². The van der Waals surface area contributed by atoms with E-state index in [9.17, 15) is 4.79 Å². The minimum Gasteiger partial charge on any atom is -0.487 e. The average Bonchev–Trinajstić information content (AvgIpc) is 2.58. The van der Waals surface area contributed by atoms with Crippen LogP contribution in [0.15, 0.2) is 48.5 Å². The Labute approximate surface area is 146 Å². The fourth-order valence-electron chi connectivity index (χ4n) is 2.16. The molecule has 1 atom stereocenters. The van der Waals surface area contributed by atoms with E-state index in [0.717, 1.165) is 5.56 Å². The molecule has 1 unspecified atom stereocenters. The molecule has 0 spiro atoms. The van der Waals surface area contributed by atoms with Crippen LogP contribution in [-0.4, -0.2) is 26.4 Å². The van der Waals surface area contributed by atoms with Crippen LogP contribution in [-0.2, 0) is 4.74 Å². The minimum absolute atomic E-state index is 0.122. The van der Waals surface area contributed by atoms with Crippen molar-refractivity contribution in [2.45, 2.75) is 13.0 Å². The van der Waals surface area contributed by atoms with Crippen molar-refractivity contribution in [1.29, 1.82) is 0 Å². The summed E-state index contributed by atoms with van der Waals surface area (Å²) in [5, 5.41) is 6.09. The summed E-state index contributed by atoms with van der Waals surface area (Å²) in [6.45, 7) is 2.70. The lowest BCUT2D eigenvalue weighted by atomic mass is 10.1. The highest BCUT2D eigenvalue weighted by Crippen LogP contribution is 2.32. The first-order valence-electron chi connectivity index (χ1n) is 7.64. The number of ether oxygens (including phenoxy) is 2. The van der Waals surface area contributed by atoms with Crippen LogP contribution in [0.5, 0.6) is 5.75 Å². The molecule has 0 saturated carbocycles. The highest BCUT2D eigenvalue weighted by Gasteiger charge is 2.13. The predicted octanol–water partition coefficient (Wildman–Crippen LogP) is 4.25. The lowest BCUT2D eigenvalue weighted by molar-refractivity contribution is 0.146. The number of anilines is 1. The van der Waals surface area contributed by atoms with E-state index in [-0.39, 0.29) is 12.1 Å². The summed E-state index contributed by atoms with van der Waals surface area (Å²) in [7, 11) is 1.59. The Morgan fingerprint density at radius 3 is 2.58 bits per heavy atom. The summed E-state index contributed by atoms with van der Waals surface area (Å²) >= 11 is 6.16. The number of methoxy groups -OCH3 is 1. The third kappa shape index (κ3) is 5.15. The van der Waals surface area contributed by atoms with E-state index in [4.69, 9.17) is 21.1 Å². The Morgan fingerprint density at radius 2 is 1.88 bits per heavy atom. The molecule has 0 heterocycles. The molecular weight excluding hydrogens is 328 g/mol. The van der Waals surface area contributed by atoms with Gasteiger partial charge in [0.1, 0.15) is 6.61 Å². The molecule has 0 radical (unpaired) electrons. The summed E-state index contributed by atoms with van der Waals surface area (Å²) in [5.74, 6) is 0.429. The van der Waals surface area contributed by atoms with E-state index in [1.807, 2.05) is 37.3 Å². The van der Waals surface area contributed by atoms with Gasteiger partial charge in [0.15, 0.2) is 5.75 Å². The fourth-order valence-corrected chi connectivity index (χ4v) is 2.39. The van der Waals surface area contributed by atoms with Crippen LogP contribution in [0.2, 0.25) is 5.02 Å². The van der Waals surface area contributed by atoms with Gasteiger partial charge in [-0.3, -0.25) is 0 Å². The minimum atomic E-state index is -0.329. The highest BCUT2D eigenvalue weighted by molar-refractivity contribution is 6.32. The first kappa shape index (κ1) is 18.1. The number of urea groups is 1. The van der Waals surface area contributed by atoms with Gasteiger partial charge in [-0.25, -0.2) is 4.79 Å². The van der Waals surface area contributed by atoms with Crippen molar-refractivity contribution < 1.29 is 14.3 Å². The lowest BCUT2D eigenvalue weighted by Crippen LogP contribution is -2.31. The Balaban J connectivity index is 2.02. The second kappa shape index (κ2) is 9.15. The van der Waals surface area contributed by atoms with Gasteiger partial charge in [-0.1, -0.05) is 48.0 Å². The monoisotopic (exact) mass is 348 g/mol. The molecule has 0 bridgehead atoms. The molecule has 2 aromatic rings. The molecule has 0 saturated heterocycles. The van der Waals surface area contributed by atoms with Gasteiger partial charge in [-0.2, -0.15) is 0 Å². The van der Waals surface area contributed by atoms with Crippen LogP contribution < -0.4 is 15.4 Å². The molecule has 0 aliphatic carbocycles. The zero-order chi connectivity index (χ0) is 17.4. The smallest absolute Gasteiger partial charge is 0.319 e. The zero-order valence-corrected chi connectivity index (χ0v) is 14.5. The van der Waals surface area contributed by atoms with Crippen molar-refractivity contribution in [1.82, 2.24) is 5.32 Å². The Morgan fingerprint density at radius 1 is 1.12 bits per heavy atom. The van der Waals surface area contributed by atoms with Crippen molar-refractivity contribution in [3.05, 3.63) is 59.1 Å². The number of hydrogen-bond acceptors (Lipinski definition) is 3. The number of rotatable bonds is 7. The van der Waals surface area contributed by atoms with Gasteiger partial charge < -0.3 is 20.1 Å². The predicted molar refractivity (Wildman–Crippen MR) is 95.8 cm³/mol. The number of carbonyl (C=O) groups is 1. The summed E-state index contributed by atoms with van der Waals surface area (Å²) in [6, 6.07) is 14.5. The zero-order valence-electron chi connectivity index (χ0n) is 13.7. The third-order valence-electron chi connectivity index (χ3n) is 3.40. The van der Waals surface area contributed by atoms with Crippen LogP contribution in [0.3, 0.4) is 0 Å². The summed E-state index contributed by atoms with van der Waals surface area (Å²) in [6.07, 6.45) is 0. The number of benzene rings is 2. The SMILES string of the molecule is COCCOc1c(Cl)cccc1NC(=O)NC(C)c1ccccc1. The average molecular weight is 349 g/mol. The maximum Gasteiger partial charge on any atom is 0.319 e. The molecule has 0 aliphatic rings. The number of nitrogens with one attached hydrogen (secondary N) is 2. The Bertz CT molecular complexity index is 665. The molecule has 5 nitrogen and oxygen atoms in total. The molecule has 2 amide bonds. The second-order valence-electron chi connectivity index (χ2n) is 5.19. The number of halogens is 1. The number of para-hydroxylation sites is 1. The van der Waals surface area contributed by atoms with Gasteiger partial charge >= 0.3 is 6.03 Å². The first-order chi connectivity index (χ1) is 11.6. The fraction of sp³-hybridized carbons (Fsp3) is 0.278. The molecular formula is C18H21ClN2O3. The van der Waals surface area contributed by atoms with Crippen LogP contribution in [0.1, 0.15) is 18.5 Å². The van der Waals surface area contributed by atoms with Crippen molar-refractivity contribution in [2.75, 3.05) is 25.6 Å². The van der Waals surface area contributed by atoms with Crippen molar-refractivity contribution >= 4 is 23.3 Å². The molecule has 24 heavy (non-hydrogen) atoms. The molecule has 0 aromatic heterocycles. The number of hydrogen-bond donors (Lipinski definition) is 2. The van der Waals surface area contributed by atoms with Gasteiger partial charge in [0.25, 0.3) is 0 Å². The standard InChI is InChI=1S/C18H21ClN2O3/c1-13(14-7-4-3-5-8-14)20-18(22)21-16-10-6-9-15(19)17(16)24-12-11-23-2/h3-10,13H,11-12H2,1-2H3,(H2,20,21,22). The van der Waals surface area contributed by atoms with Crippen LogP contribution in [0.25, 0.3) is 0 Å². The van der Waals surface area contributed by atoms with E-state index in [1.54, 1.807) is 25.3 Å². The molecule has 2 aromatic carbocycles. The quantitative estimate of drug-likeness (QED) is 0.735. The Kier molecular flexibility index (Phi) is 6.90. The van der Waals surface area contributed by atoms with Crippen LogP contribution >= 0.6 is 11.6 Å². The number of amides is 2. The van der Waals surface area contributed by atoms with Crippen molar-refractivity contribution in [3.63, 3.8) is 0 Å². The molecule has 0 fully saturated rings. The molecule has 2 N–H and O–H groups in total. The highest BCUT2D eigenvalue weighted by atomic mass is 35.5. The topological polar surface area (TPSA) is 59.6 Å². The molecule has 2 rings (SSSR count). The largest absolute Gasteiger partial charge is 0.487 e. The Hall–Kier alpha value is -2.24. The maximum atomic E-state index is 12.2. The second-order valence-corrected chi connectivity index (χ2v) is 5.60. The molecule has 0 aliphatic heterocycles. The van der Waals surface area contributed by atoms with Gasteiger partial charge in [0, 0.05) is 7.11 Å². The van der Waals surface area contributed by atoms with Gasteiger partial charge in [0.05, 0.1) is 23.4 Å². The van der Waals surface area contributed by atoms with Gasteiger partial charge in [-0.05, 0) is 24.6 Å². The summed E-state index contributed by atoms with van der Waals surface area (Å²) < 4.78 is 10.6. The molecule has 6 heteroatoms. The van der Waals surface area contributed by atoms with E-state index in [1.165, 1.54) is 0 Å². The van der Waals surface area contributed by atoms with Gasteiger partial charge in [0.2, 0.25) is 0 Å². The van der Waals surface area contributed by atoms with Crippen molar-refractivity contribution in [3.8, 4) is 5.75 Å². The maximum absolute atomic E-state index is 12.2. The van der Waals surface area contributed by atoms with E-state index in [0.29, 0.717) is 29.7 Å². The van der Waals surface area contributed by atoms with E-state index in [2.05, 4.69) is 10.6 Å². The first-order valence-corrected chi connectivity index (χ1v) is 8.02. The van der Waals surface area contributed by atoms with Crippen LogP contribution in [0.4, 0.5) is 10.5 Å². The summed E-state index contributed by atoms with van der Waals surface area (Å²) in [4.78, 5) is 12.2. The van der Waals surface area contributed by atoms with Crippen molar-refractivity contribution in [2.24, 2.45) is 0 Å². The number of carbonyl (C=O) groups excluding carboxylic acids is 1. The third-order valence-corrected chi connectivity index (χ3v) is 3.69. The molecule has 128 valence electrons. The van der Waals surface area contributed by atoms with E-state index >= 15 is 0 Å². The van der Waals surface area contributed by atoms with Gasteiger partial charge in [-0.15, -0.1) is 0 Å². The van der Waals surface area contributed by atoms with Crippen LogP contribution in [0, 0.1) is 0 Å². The lowest BCUT2D eigenvalue weighted by Gasteiger charge is -2.17. The normalized spacial score (nSPS) is 11.6. The summed E-state index contributed by atoms with van der Waals surface area (Å²) in [5.41, 5.74) is 1.53.